The molecule has 0 aliphatic heterocycles. The number of rotatable bonds is 3. The molecule has 0 atom stereocenters. The summed E-state index contributed by atoms with van der Waals surface area (Å²) in [6.45, 7) is 1.97. The van der Waals surface area contributed by atoms with Crippen LogP contribution in [0.5, 0.6) is 0 Å². The molecule has 0 spiro atoms. The number of benzene rings is 2. The zero-order valence-electron chi connectivity index (χ0n) is 14.0. The van der Waals surface area contributed by atoms with Crippen LogP contribution in [0.3, 0.4) is 0 Å². The van der Waals surface area contributed by atoms with Crippen molar-refractivity contribution < 1.29 is 8.42 Å². The van der Waals surface area contributed by atoms with Crippen LogP contribution in [0.4, 0.5) is 5.82 Å². The van der Waals surface area contributed by atoms with E-state index in [2.05, 4.69) is 15.0 Å². The van der Waals surface area contributed by atoms with Crippen LogP contribution in [-0.2, 0) is 9.84 Å². The molecule has 7 heteroatoms. The van der Waals surface area contributed by atoms with Crippen molar-refractivity contribution >= 4 is 26.7 Å². The van der Waals surface area contributed by atoms with Gasteiger partial charge in [0.25, 0.3) is 0 Å². The van der Waals surface area contributed by atoms with E-state index in [0.717, 1.165) is 11.1 Å². The Morgan fingerprint density at radius 1 is 0.962 bits per heavy atom. The third-order valence-electron chi connectivity index (χ3n) is 4.29. The summed E-state index contributed by atoms with van der Waals surface area (Å²) in [5, 5.41) is 0. The first-order chi connectivity index (χ1) is 12.5. The van der Waals surface area contributed by atoms with Crippen molar-refractivity contribution in [3.05, 3.63) is 66.5 Å². The van der Waals surface area contributed by atoms with Crippen LogP contribution in [0.1, 0.15) is 5.56 Å². The highest BCUT2D eigenvalue weighted by Crippen LogP contribution is 2.36. The molecule has 0 aliphatic rings. The lowest BCUT2D eigenvalue weighted by Crippen LogP contribution is -2.04. The zero-order chi connectivity index (χ0) is 18.3. The number of nitrogens with two attached hydrogens (primary N) is 1. The van der Waals surface area contributed by atoms with Gasteiger partial charge in [-0.3, -0.25) is 0 Å². The lowest BCUT2D eigenvalue weighted by atomic mass is 10.1. The van der Waals surface area contributed by atoms with Gasteiger partial charge in [0.2, 0.25) is 9.84 Å². The van der Waals surface area contributed by atoms with Crippen LogP contribution in [0.2, 0.25) is 0 Å². The summed E-state index contributed by atoms with van der Waals surface area (Å²) < 4.78 is 26.2. The van der Waals surface area contributed by atoms with Crippen LogP contribution in [-0.4, -0.2) is 23.4 Å². The second-order valence-electron chi connectivity index (χ2n) is 5.95. The molecular weight excluding hydrogens is 348 g/mol. The van der Waals surface area contributed by atoms with Gasteiger partial charge < -0.3 is 10.7 Å². The molecule has 2 heterocycles. The molecule has 130 valence electrons. The minimum Gasteiger partial charge on any atom is -0.384 e. The normalized spacial score (nSPS) is 11.7. The van der Waals surface area contributed by atoms with E-state index in [-0.39, 0.29) is 15.6 Å². The molecule has 6 nitrogen and oxygen atoms in total. The number of sulfone groups is 1. The van der Waals surface area contributed by atoms with E-state index in [0.29, 0.717) is 16.7 Å². The molecule has 3 N–H and O–H groups in total. The second-order valence-corrected chi connectivity index (χ2v) is 7.83. The molecule has 0 fully saturated rings. The first-order valence-electron chi connectivity index (χ1n) is 7.98. The van der Waals surface area contributed by atoms with Crippen molar-refractivity contribution in [1.29, 1.82) is 0 Å². The fourth-order valence-electron chi connectivity index (χ4n) is 3.03. The smallest absolute Gasteiger partial charge is 0.212 e. The van der Waals surface area contributed by atoms with Crippen molar-refractivity contribution in [2.75, 3.05) is 5.73 Å². The molecule has 4 aromatic rings. The maximum atomic E-state index is 13.1. The average Bonchev–Trinajstić information content (AvgIpc) is 2.99. The molecule has 0 radical (unpaired) electrons. The molecule has 0 saturated heterocycles. The van der Waals surface area contributed by atoms with E-state index in [9.17, 15) is 8.42 Å². The lowest BCUT2D eigenvalue weighted by Gasteiger charge is -2.06. The summed E-state index contributed by atoms with van der Waals surface area (Å²) in [6, 6.07) is 15.9. The average molecular weight is 364 g/mol. The van der Waals surface area contributed by atoms with Gasteiger partial charge >= 0.3 is 0 Å². The molecule has 4 rings (SSSR count). The number of hydrogen-bond acceptors (Lipinski definition) is 5. The molecule has 0 bridgehead atoms. The van der Waals surface area contributed by atoms with E-state index in [4.69, 9.17) is 5.73 Å². The molecule has 0 amide bonds. The molecular formula is C19H16N4O2S. The predicted octanol–water partition coefficient (Wildman–Crippen LogP) is 3.35. The molecule has 2 aromatic carbocycles. The number of nitrogen functional groups attached to an aromatic ring is 1. The van der Waals surface area contributed by atoms with Crippen LogP contribution in [0.15, 0.2) is 70.7 Å². The quantitative estimate of drug-likeness (QED) is 0.580. The van der Waals surface area contributed by atoms with E-state index in [1.165, 1.54) is 18.5 Å². The molecule has 0 aliphatic carbocycles. The molecule has 2 aromatic heterocycles. The van der Waals surface area contributed by atoms with Gasteiger partial charge in [0.05, 0.1) is 16.1 Å². The Kier molecular flexibility index (Phi) is 3.73. The van der Waals surface area contributed by atoms with Crippen molar-refractivity contribution in [3.63, 3.8) is 0 Å². The number of aryl methyl sites for hydroxylation is 1. The first kappa shape index (κ1) is 16.3. The Labute approximate surface area is 150 Å². The highest BCUT2D eigenvalue weighted by atomic mass is 32.2. The Morgan fingerprint density at radius 2 is 1.65 bits per heavy atom. The monoisotopic (exact) mass is 364 g/mol. The van der Waals surface area contributed by atoms with E-state index >= 15 is 0 Å². The summed E-state index contributed by atoms with van der Waals surface area (Å²) in [4.78, 5) is 11.7. The maximum absolute atomic E-state index is 13.1. The highest BCUT2D eigenvalue weighted by molar-refractivity contribution is 7.92. The highest BCUT2D eigenvalue weighted by Gasteiger charge is 2.27. The summed E-state index contributed by atoms with van der Waals surface area (Å²) in [5.74, 6) is 0.0548. The van der Waals surface area contributed by atoms with Crippen molar-refractivity contribution in [2.45, 2.75) is 16.7 Å². The Morgan fingerprint density at radius 3 is 2.38 bits per heavy atom. The summed E-state index contributed by atoms with van der Waals surface area (Å²) in [6.07, 6.45) is 1.36. The summed E-state index contributed by atoms with van der Waals surface area (Å²) in [7, 11) is -3.81. The van der Waals surface area contributed by atoms with E-state index in [1.807, 2.05) is 31.2 Å². The second kappa shape index (κ2) is 5.96. The summed E-state index contributed by atoms with van der Waals surface area (Å²) in [5.41, 5.74) is 9.39. The van der Waals surface area contributed by atoms with E-state index < -0.39 is 9.84 Å². The minimum atomic E-state index is -3.81. The van der Waals surface area contributed by atoms with Crippen molar-refractivity contribution in [2.24, 2.45) is 0 Å². The number of nitrogens with one attached hydrogen (secondary N) is 1. The van der Waals surface area contributed by atoms with Gasteiger partial charge in [0.1, 0.15) is 22.6 Å². The Balaban J connectivity index is 2.02. The number of fused-ring (bicyclic) bond motifs is 1. The van der Waals surface area contributed by atoms with Gasteiger partial charge in [-0.05, 0) is 24.6 Å². The van der Waals surface area contributed by atoms with Gasteiger partial charge in [-0.15, -0.1) is 0 Å². The third kappa shape index (κ3) is 2.44. The van der Waals surface area contributed by atoms with Crippen molar-refractivity contribution in [1.82, 2.24) is 15.0 Å². The van der Waals surface area contributed by atoms with Gasteiger partial charge in [-0.25, -0.2) is 18.4 Å². The SMILES string of the molecule is Cc1ccccc1-c1ncnc2c(S(=O)(=O)c3ccccc3)c(N)[nH]c12. The number of hydrogen-bond donors (Lipinski definition) is 2. The maximum Gasteiger partial charge on any atom is 0.212 e. The fraction of sp³-hybridized carbons (Fsp3) is 0.0526. The van der Waals surface area contributed by atoms with Crippen LogP contribution >= 0.6 is 0 Å². The number of aromatic nitrogens is 3. The van der Waals surface area contributed by atoms with Gasteiger partial charge in [0.15, 0.2) is 0 Å². The van der Waals surface area contributed by atoms with E-state index in [1.54, 1.807) is 18.2 Å². The molecule has 0 saturated carbocycles. The Hall–Kier alpha value is -3.19. The number of aromatic amines is 1. The summed E-state index contributed by atoms with van der Waals surface area (Å²) >= 11 is 0. The van der Waals surface area contributed by atoms with Gasteiger partial charge in [0, 0.05) is 5.56 Å². The number of H-pyrrole nitrogens is 1. The van der Waals surface area contributed by atoms with Crippen LogP contribution < -0.4 is 5.73 Å². The fourth-order valence-corrected chi connectivity index (χ4v) is 4.53. The van der Waals surface area contributed by atoms with Crippen LogP contribution in [0, 0.1) is 6.92 Å². The third-order valence-corrected chi connectivity index (χ3v) is 6.13. The molecule has 26 heavy (non-hydrogen) atoms. The number of anilines is 1. The largest absolute Gasteiger partial charge is 0.384 e. The predicted molar refractivity (Wildman–Crippen MR) is 100 cm³/mol. The molecule has 0 unspecified atom stereocenters. The zero-order valence-corrected chi connectivity index (χ0v) is 14.8. The van der Waals surface area contributed by atoms with Gasteiger partial charge in [-0.2, -0.15) is 0 Å². The van der Waals surface area contributed by atoms with Crippen molar-refractivity contribution in [3.8, 4) is 11.3 Å². The Bertz CT molecular complexity index is 1220. The first-order valence-corrected chi connectivity index (χ1v) is 9.47. The standard InChI is InChI=1S/C19H16N4O2S/c1-12-7-5-6-10-14(12)15-16-17(22-11-21-15)18(19(20)23-16)26(24,25)13-8-3-2-4-9-13/h2-11,23H,20H2,1H3. The minimum absolute atomic E-state index is 0.0177. The lowest BCUT2D eigenvalue weighted by molar-refractivity contribution is 0.597. The van der Waals surface area contributed by atoms with Crippen LogP contribution in [0.25, 0.3) is 22.3 Å². The van der Waals surface area contributed by atoms with Gasteiger partial charge in [-0.1, -0.05) is 42.5 Å². The topological polar surface area (TPSA) is 102 Å². The number of nitrogens with zero attached hydrogens (tertiary/aromatic N) is 2.